The Balaban J connectivity index is 1.46. The van der Waals surface area contributed by atoms with Gasteiger partial charge in [0.25, 0.3) is 5.91 Å². The highest BCUT2D eigenvalue weighted by Crippen LogP contribution is 2.15. The Labute approximate surface area is 160 Å². The summed E-state index contributed by atoms with van der Waals surface area (Å²) >= 11 is 1.23. The summed E-state index contributed by atoms with van der Waals surface area (Å²) in [5, 5.41) is 11.7. The van der Waals surface area contributed by atoms with Crippen molar-refractivity contribution in [3.05, 3.63) is 70.4 Å². The molecule has 0 aliphatic heterocycles. The van der Waals surface area contributed by atoms with E-state index >= 15 is 0 Å². The number of hydrogen-bond donors (Lipinski definition) is 1. The fourth-order valence-corrected chi connectivity index (χ4v) is 3.09. The molecule has 3 rings (SSSR count). The smallest absolute Gasteiger partial charge is 0.286 e. The number of nitrogens with one attached hydrogen (secondary N) is 1. The molecule has 0 unspecified atom stereocenters. The maximum Gasteiger partial charge on any atom is 0.286 e. The first kappa shape index (κ1) is 18.9. The second kappa shape index (κ2) is 9.20. The van der Waals surface area contributed by atoms with Crippen molar-refractivity contribution in [1.82, 2.24) is 15.1 Å². The fourth-order valence-electron chi connectivity index (χ4n) is 2.27. The maximum atomic E-state index is 12.9. The highest BCUT2D eigenvalue weighted by atomic mass is 32.1. The van der Waals surface area contributed by atoms with Crippen LogP contribution in [0.1, 0.15) is 14.8 Å². The lowest BCUT2D eigenvalue weighted by Crippen LogP contribution is -2.23. The van der Waals surface area contributed by atoms with Crippen molar-refractivity contribution in [2.75, 3.05) is 25.5 Å². The first-order valence-corrected chi connectivity index (χ1v) is 9.17. The zero-order chi connectivity index (χ0) is 19.1. The van der Waals surface area contributed by atoms with E-state index < -0.39 is 0 Å². The number of aromatic nitrogens is 2. The minimum absolute atomic E-state index is 0.267. The summed E-state index contributed by atoms with van der Waals surface area (Å²) in [6.45, 7) is 1.84. The molecule has 0 aliphatic rings. The lowest BCUT2D eigenvalue weighted by Gasteiger charge is -2.15. The van der Waals surface area contributed by atoms with Crippen molar-refractivity contribution in [3.63, 3.8) is 0 Å². The van der Waals surface area contributed by atoms with Gasteiger partial charge in [-0.1, -0.05) is 29.5 Å². The van der Waals surface area contributed by atoms with E-state index in [1.807, 2.05) is 42.3 Å². The molecule has 0 atom stereocenters. The molecule has 8 heteroatoms. The number of carbonyl (C=O) groups excluding carboxylic acids is 1. The van der Waals surface area contributed by atoms with Crippen LogP contribution in [0.2, 0.25) is 0 Å². The zero-order valence-electron chi connectivity index (χ0n) is 14.8. The van der Waals surface area contributed by atoms with Gasteiger partial charge >= 0.3 is 0 Å². The largest absolute Gasteiger partial charge is 0.492 e. The van der Waals surface area contributed by atoms with E-state index in [-0.39, 0.29) is 16.7 Å². The van der Waals surface area contributed by atoms with E-state index in [0.29, 0.717) is 25.4 Å². The quantitative estimate of drug-likeness (QED) is 0.642. The SMILES string of the molecule is CN(CCOc1ccccc1)Cc1nnc(C(=O)Nc2ccc(F)cc2)s1. The molecule has 27 heavy (non-hydrogen) atoms. The van der Waals surface area contributed by atoms with E-state index in [2.05, 4.69) is 15.5 Å². The Kier molecular flexibility index (Phi) is 6.45. The molecule has 6 nitrogen and oxygen atoms in total. The molecule has 0 aliphatic carbocycles. The molecule has 1 heterocycles. The highest BCUT2D eigenvalue weighted by Gasteiger charge is 2.14. The van der Waals surface area contributed by atoms with Crippen LogP contribution >= 0.6 is 11.3 Å². The van der Waals surface area contributed by atoms with Crippen LogP contribution in [-0.4, -0.2) is 41.2 Å². The summed E-state index contributed by atoms with van der Waals surface area (Å²) in [6, 6.07) is 15.2. The number of ether oxygens (including phenoxy) is 1. The predicted molar refractivity (Wildman–Crippen MR) is 103 cm³/mol. The Morgan fingerprint density at radius 2 is 1.89 bits per heavy atom. The molecule has 1 N–H and O–H groups in total. The summed E-state index contributed by atoms with van der Waals surface area (Å²) in [5.41, 5.74) is 0.508. The first-order chi connectivity index (χ1) is 13.1. The van der Waals surface area contributed by atoms with Crippen LogP contribution in [-0.2, 0) is 6.54 Å². The molecule has 3 aromatic rings. The lowest BCUT2D eigenvalue weighted by atomic mass is 10.3. The zero-order valence-corrected chi connectivity index (χ0v) is 15.6. The van der Waals surface area contributed by atoms with Gasteiger partial charge in [-0.3, -0.25) is 9.69 Å². The first-order valence-electron chi connectivity index (χ1n) is 8.36. The van der Waals surface area contributed by atoms with Crippen LogP contribution in [0, 0.1) is 5.82 Å². The Morgan fingerprint density at radius 3 is 2.63 bits per heavy atom. The van der Waals surface area contributed by atoms with Gasteiger partial charge < -0.3 is 10.1 Å². The second-order valence-electron chi connectivity index (χ2n) is 5.86. The summed E-state index contributed by atoms with van der Waals surface area (Å²) in [6.07, 6.45) is 0. The number of amides is 1. The molecule has 0 fully saturated rings. The molecule has 0 bridgehead atoms. The number of para-hydroxylation sites is 1. The predicted octanol–water partition coefficient (Wildman–Crippen LogP) is 3.44. The number of benzene rings is 2. The minimum Gasteiger partial charge on any atom is -0.492 e. The van der Waals surface area contributed by atoms with Crippen molar-refractivity contribution in [3.8, 4) is 5.75 Å². The molecule has 0 saturated carbocycles. The van der Waals surface area contributed by atoms with Gasteiger partial charge in [-0.05, 0) is 43.4 Å². The average Bonchev–Trinajstić information content (AvgIpc) is 3.13. The fraction of sp³-hybridized carbons (Fsp3) is 0.211. The Bertz CT molecular complexity index is 871. The van der Waals surface area contributed by atoms with Gasteiger partial charge in [0.05, 0.1) is 6.54 Å². The average molecular weight is 386 g/mol. The maximum absolute atomic E-state index is 12.9. The number of hydrogen-bond acceptors (Lipinski definition) is 6. The molecule has 140 valence electrons. The highest BCUT2D eigenvalue weighted by molar-refractivity contribution is 7.13. The third kappa shape index (κ3) is 5.83. The Hall–Kier alpha value is -2.84. The molecule has 2 aromatic carbocycles. The number of rotatable bonds is 8. The van der Waals surface area contributed by atoms with Crippen molar-refractivity contribution in [2.45, 2.75) is 6.54 Å². The summed E-state index contributed by atoms with van der Waals surface area (Å²) in [4.78, 5) is 14.2. The van der Waals surface area contributed by atoms with E-state index in [1.165, 1.54) is 35.6 Å². The lowest BCUT2D eigenvalue weighted by molar-refractivity contribution is 0.102. The number of anilines is 1. The second-order valence-corrected chi connectivity index (χ2v) is 6.92. The van der Waals surface area contributed by atoms with Gasteiger partial charge in [0, 0.05) is 12.2 Å². The van der Waals surface area contributed by atoms with E-state index in [1.54, 1.807) is 0 Å². The van der Waals surface area contributed by atoms with Gasteiger partial charge in [0.1, 0.15) is 23.2 Å². The molecule has 0 radical (unpaired) electrons. The normalized spacial score (nSPS) is 10.8. The molecule has 0 spiro atoms. The van der Waals surface area contributed by atoms with Crippen molar-refractivity contribution < 1.29 is 13.9 Å². The summed E-state index contributed by atoms with van der Waals surface area (Å²) in [5.74, 6) is 0.118. The van der Waals surface area contributed by atoms with Crippen LogP contribution in [0.3, 0.4) is 0 Å². The van der Waals surface area contributed by atoms with Crippen molar-refractivity contribution in [1.29, 1.82) is 0 Å². The minimum atomic E-state index is -0.361. The number of carbonyl (C=O) groups is 1. The van der Waals surface area contributed by atoms with E-state index in [4.69, 9.17) is 4.74 Å². The van der Waals surface area contributed by atoms with Crippen LogP contribution < -0.4 is 10.1 Å². The van der Waals surface area contributed by atoms with Crippen LogP contribution in [0.25, 0.3) is 0 Å². The van der Waals surface area contributed by atoms with E-state index in [9.17, 15) is 9.18 Å². The Morgan fingerprint density at radius 1 is 1.15 bits per heavy atom. The van der Waals surface area contributed by atoms with Crippen molar-refractivity contribution in [2.24, 2.45) is 0 Å². The number of nitrogens with zero attached hydrogens (tertiary/aromatic N) is 3. The number of likely N-dealkylation sites (N-methyl/N-ethyl adjacent to an activating group) is 1. The van der Waals surface area contributed by atoms with Crippen LogP contribution in [0.4, 0.5) is 10.1 Å². The van der Waals surface area contributed by atoms with Crippen LogP contribution in [0.15, 0.2) is 54.6 Å². The van der Waals surface area contributed by atoms with Gasteiger partial charge in [-0.15, -0.1) is 10.2 Å². The van der Waals surface area contributed by atoms with Gasteiger partial charge in [-0.2, -0.15) is 0 Å². The van der Waals surface area contributed by atoms with Gasteiger partial charge in [-0.25, -0.2) is 4.39 Å². The molecular weight excluding hydrogens is 367 g/mol. The van der Waals surface area contributed by atoms with E-state index in [0.717, 1.165) is 10.8 Å². The standard InChI is InChI=1S/C19H19FN4O2S/c1-24(11-12-26-16-5-3-2-4-6-16)13-17-22-23-19(27-17)18(25)21-15-9-7-14(20)8-10-15/h2-10H,11-13H2,1H3,(H,21,25). The molecular formula is C19H19FN4O2S. The molecule has 1 aromatic heterocycles. The molecule has 1 amide bonds. The van der Waals surface area contributed by atoms with Gasteiger partial charge in [0.15, 0.2) is 0 Å². The summed E-state index contributed by atoms with van der Waals surface area (Å²) < 4.78 is 18.6. The summed E-state index contributed by atoms with van der Waals surface area (Å²) in [7, 11) is 1.95. The van der Waals surface area contributed by atoms with Crippen molar-refractivity contribution >= 4 is 22.9 Å². The number of halogens is 1. The van der Waals surface area contributed by atoms with Gasteiger partial charge in [0.2, 0.25) is 5.01 Å². The monoisotopic (exact) mass is 386 g/mol. The molecule has 0 saturated heterocycles. The third-order valence-corrected chi connectivity index (χ3v) is 4.56. The third-order valence-electron chi connectivity index (χ3n) is 3.65. The topological polar surface area (TPSA) is 67.3 Å². The van der Waals surface area contributed by atoms with Crippen LogP contribution in [0.5, 0.6) is 5.75 Å².